The molecule has 0 saturated carbocycles. The van der Waals surface area contributed by atoms with Gasteiger partial charge in [0.2, 0.25) is 11.8 Å². The number of aromatic nitrogens is 2. The van der Waals surface area contributed by atoms with Crippen LogP contribution in [0.1, 0.15) is 32.7 Å². The van der Waals surface area contributed by atoms with E-state index in [-0.39, 0.29) is 29.9 Å². The first-order valence-electron chi connectivity index (χ1n) is 7.77. The van der Waals surface area contributed by atoms with E-state index in [9.17, 15) is 9.59 Å². The molecule has 0 spiro atoms. The number of nitrogens with zero attached hydrogens (tertiary/aromatic N) is 3. The fourth-order valence-corrected chi connectivity index (χ4v) is 3.24. The van der Waals surface area contributed by atoms with Gasteiger partial charge in [0, 0.05) is 38.9 Å². The van der Waals surface area contributed by atoms with Gasteiger partial charge in [0.15, 0.2) is 5.82 Å². The molecule has 2 amide bonds. The van der Waals surface area contributed by atoms with Gasteiger partial charge in [-0.2, -0.15) is 5.10 Å². The van der Waals surface area contributed by atoms with E-state index < -0.39 is 0 Å². The van der Waals surface area contributed by atoms with Crippen LogP contribution < -0.4 is 5.32 Å². The Balaban J connectivity index is 1.61. The lowest BCUT2D eigenvalue weighted by atomic mass is 10.0. The van der Waals surface area contributed by atoms with Gasteiger partial charge >= 0.3 is 0 Å². The van der Waals surface area contributed by atoms with E-state index in [1.54, 1.807) is 6.07 Å². The maximum absolute atomic E-state index is 12.5. The molecule has 3 atom stereocenters. The Morgan fingerprint density at radius 1 is 1.41 bits per heavy atom. The van der Waals surface area contributed by atoms with Gasteiger partial charge < -0.3 is 15.0 Å². The molecular formula is C15H22N4O3. The summed E-state index contributed by atoms with van der Waals surface area (Å²) < 4.78 is 7.33. The summed E-state index contributed by atoms with van der Waals surface area (Å²) in [7, 11) is 0. The molecule has 7 nitrogen and oxygen atoms in total. The first kappa shape index (κ1) is 15.0. The zero-order valence-electron chi connectivity index (χ0n) is 13.0. The summed E-state index contributed by atoms with van der Waals surface area (Å²) >= 11 is 0. The van der Waals surface area contributed by atoms with Crippen molar-refractivity contribution in [2.75, 3.05) is 25.0 Å². The topological polar surface area (TPSA) is 76.5 Å². The standard InChI is InChI=1S/C15H22N4O3/c1-10-13(5-8-22-10)15(21)18-6-3-12(9-18)19-7-4-14(17-19)16-11(2)20/h4,7,10,12-13H,3,5-6,8-9H2,1-2H3,(H,16,17,20)/t10-,12-,13-/m1/s1. The summed E-state index contributed by atoms with van der Waals surface area (Å²) in [4.78, 5) is 25.5. The van der Waals surface area contributed by atoms with E-state index >= 15 is 0 Å². The van der Waals surface area contributed by atoms with Crippen molar-refractivity contribution in [3.63, 3.8) is 0 Å². The molecule has 22 heavy (non-hydrogen) atoms. The molecular weight excluding hydrogens is 284 g/mol. The van der Waals surface area contributed by atoms with Gasteiger partial charge in [-0.1, -0.05) is 0 Å². The lowest BCUT2D eigenvalue weighted by molar-refractivity contribution is -0.136. The van der Waals surface area contributed by atoms with E-state index in [0.29, 0.717) is 19.0 Å². The van der Waals surface area contributed by atoms with Gasteiger partial charge in [0.1, 0.15) is 0 Å². The third-order valence-corrected chi connectivity index (χ3v) is 4.46. The molecule has 1 aromatic heterocycles. The Morgan fingerprint density at radius 2 is 2.23 bits per heavy atom. The number of hydrogen-bond acceptors (Lipinski definition) is 4. The number of anilines is 1. The van der Waals surface area contributed by atoms with Crippen molar-refractivity contribution in [2.45, 2.75) is 38.8 Å². The second-order valence-corrected chi connectivity index (χ2v) is 6.06. The molecule has 3 heterocycles. The van der Waals surface area contributed by atoms with Crippen molar-refractivity contribution < 1.29 is 14.3 Å². The molecule has 3 rings (SSSR count). The summed E-state index contributed by atoms with van der Waals surface area (Å²) in [5.74, 6) is 0.604. The smallest absolute Gasteiger partial charge is 0.228 e. The number of ether oxygens (including phenoxy) is 1. The molecule has 1 aromatic rings. The molecule has 7 heteroatoms. The summed E-state index contributed by atoms with van der Waals surface area (Å²) in [6.45, 7) is 5.52. The number of hydrogen-bond donors (Lipinski definition) is 1. The number of carbonyl (C=O) groups excluding carboxylic acids is 2. The maximum atomic E-state index is 12.5. The van der Waals surface area contributed by atoms with Gasteiger partial charge in [-0.05, 0) is 19.8 Å². The molecule has 1 N–H and O–H groups in total. The van der Waals surface area contributed by atoms with Crippen LogP contribution in [-0.4, -0.2) is 52.3 Å². The Hall–Kier alpha value is -1.89. The van der Waals surface area contributed by atoms with Gasteiger partial charge in [0.25, 0.3) is 0 Å². The van der Waals surface area contributed by atoms with Crippen LogP contribution in [0.5, 0.6) is 0 Å². The molecule has 2 aliphatic rings. The molecule has 2 saturated heterocycles. The number of carbonyl (C=O) groups is 2. The van der Waals surface area contributed by atoms with Gasteiger partial charge in [-0.25, -0.2) is 0 Å². The van der Waals surface area contributed by atoms with Gasteiger partial charge in [-0.3, -0.25) is 14.3 Å². The Kier molecular flexibility index (Phi) is 4.15. The van der Waals surface area contributed by atoms with Crippen LogP contribution in [0.4, 0.5) is 5.82 Å². The number of nitrogens with one attached hydrogen (secondary N) is 1. The Bertz CT molecular complexity index is 571. The van der Waals surface area contributed by atoms with E-state index in [2.05, 4.69) is 10.4 Å². The Labute approximate surface area is 129 Å². The van der Waals surface area contributed by atoms with Gasteiger partial charge in [0.05, 0.1) is 18.1 Å². The molecule has 0 radical (unpaired) electrons. The average molecular weight is 306 g/mol. The first-order valence-corrected chi connectivity index (χ1v) is 7.77. The zero-order chi connectivity index (χ0) is 15.7. The van der Waals surface area contributed by atoms with Crippen molar-refractivity contribution in [1.29, 1.82) is 0 Å². The molecule has 2 fully saturated rings. The molecule has 120 valence electrons. The van der Waals surface area contributed by atoms with E-state index in [4.69, 9.17) is 4.74 Å². The van der Waals surface area contributed by atoms with Crippen LogP contribution in [0.25, 0.3) is 0 Å². The largest absolute Gasteiger partial charge is 0.378 e. The number of rotatable bonds is 3. The predicted molar refractivity (Wildman–Crippen MR) is 80.3 cm³/mol. The Morgan fingerprint density at radius 3 is 2.91 bits per heavy atom. The minimum Gasteiger partial charge on any atom is -0.378 e. The van der Waals surface area contributed by atoms with Crippen LogP contribution in [0.15, 0.2) is 12.3 Å². The molecule has 0 aromatic carbocycles. The van der Waals surface area contributed by atoms with Crippen molar-refractivity contribution in [3.05, 3.63) is 12.3 Å². The van der Waals surface area contributed by atoms with E-state index in [0.717, 1.165) is 19.4 Å². The van der Waals surface area contributed by atoms with Crippen LogP contribution in [0.3, 0.4) is 0 Å². The zero-order valence-corrected chi connectivity index (χ0v) is 13.0. The highest BCUT2D eigenvalue weighted by Gasteiger charge is 2.37. The average Bonchev–Trinajstić information content (AvgIpc) is 3.16. The molecule has 0 bridgehead atoms. The molecule has 0 aliphatic carbocycles. The quantitative estimate of drug-likeness (QED) is 0.905. The van der Waals surface area contributed by atoms with Crippen LogP contribution in [0.2, 0.25) is 0 Å². The highest BCUT2D eigenvalue weighted by Crippen LogP contribution is 2.28. The third-order valence-electron chi connectivity index (χ3n) is 4.46. The van der Waals surface area contributed by atoms with Crippen molar-refractivity contribution in [2.24, 2.45) is 5.92 Å². The number of amides is 2. The van der Waals surface area contributed by atoms with Crippen molar-refractivity contribution in [3.8, 4) is 0 Å². The second-order valence-electron chi connectivity index (χ2n) is 6.06. The van der Waals surface area contributed by atoms with E-state index in [1.165, 1.54) is 6.92 Å². The minimum absolute atomic E-state index is 0.00804. The SMILES string of the molecule is CC(=O)Nc1ccn([C@@H]2CCN(C(=O)[C@@H]3CCO[C@@H]3C)C2)n1. The van der Waals surface area contributed by atoms with Crippen LogP contribution in [-0.2, 0) is 14.3 Å². The van der Waals surface area contributed by atoms with E-state index in [1.807, 2.05) is 22.7 Å². The fourth-order valence-electron chi connectivity index (χ4n) is 3.24. The maximum Gasteiger partial charge on any atom is 0.228 e. The highest BCUT2D eigenvalue weighted by molar-refractivity contribution is 5.87. The summed E-state index contributed by atoms with van der Waals surface area (Å²) in [5, 5.41) is 7.03. The van der Waals surface area contributed by atoms with Crippen LogP contribution in [0, 0.1) is 5.92 Å². The fraction of sp³-hybridized carbons (Fsp3) is 0.667. The first-order chi connectivity index (χ1) is 10.5. The predicted octanol–water partition coefficient (Wildman–Crippen LogP) is 1.04. The lowest BCUT2D eigenvalue weighted by Gasteiger charge is -2.22. The molecule has 2 aliphatic heterocycles. The summed E-state index contributed by atoms with van der Waals surface area (Å²) in [6, 6.07) is 1.95. The third kappa shape index (κ3) is 2.99. The minimum atomic E-state index is -0.135. The molecule has 0 unspecified atom stereocenters. The lowest BCUT2D eigenvalue weighted by Crippen LogP contribution is -2.37. The van der Waals surface area contributed by atoms with Gasteiger partial charge in [-0.15, -0.1) is 0 Å². The summed E-state index contributed by atoms with van der Waals surface area (Å²) in [5.41, 5.74) is 0. The van der Waals surface area contributed by atoms with Crippen molar-refractivity contribution in [1.82, 2.24) is 14.7 Å². The number of likely N-dealkylation sites (tertiary alicyclic amines) is 1. The highest BCUT2D eigenvalue weighted by atomic mass is 16.5. The summed E-state index contributed by atoms with van der Waals surface area (Å²) in [6.07, 6.45) is 3.57. The second kappa shape index (κ2) is 6.08. The monoisotopic (exact) mass is 306 g/mol. The van der Waals surface area contributed by atoms with Crippen molar-refractivity contribution >= 4 is 17.6 Å². The normalized spacial score (nSPS) is 28.1. The van der Waals surface area contributed by atoms with Crippen LogP contribution >= 0.6 is 0 Å².